The van der Waals surface area contributed by atoms with Gasteiger partial charge in [0.1, 0.15) is 6.33 Å². The molecule has 98 valence electrons. The minimum atomic E-state index is -4.53. The summed E-state index contributed by atoms with van der Waals surface area (Å²) in [5.41, 5.74) is 0.669. The molecule has 0 spiro atoms. The van der Waals surface area contributed by atoms with Crippen molar-refractivity contribution < 1.29 is 17.1 Å². The van der Waals surface area contributed by atoms with Gasteiger partial charge in [-0.3, -0.25) is 4.79 Å². The van der Waals surface area contributed by atoms with Crippen LogP contribution in [0.4, 0.5) is 3.89 Å². The molecular weight excluding hydrogens is 261 g/mol. The van der Waals surface area contributed by atoms with Crippen molar-refractivity contribution in [1.82, 2.24) is 14.9 Å². The fraction of sp³-hybridized carbons (Fsp3) is 0.500. The standard InChI is InChI=1S/C10H12FN3O3S/c11-18(16,17)6-8-3-10(15)14(4-8)5-9-1-2-12-7-13-9/h1-2,7-8H,3-6H2. The Balaban J connectivity index is 1.98. The van der Waals surface area contributed by atoms with Crippen LogP contribution in [0, 0.1) is 5.92 Å². The van der Waals surface area contributed by atoms with E-state index in [2.05, 4.69) is 9.97 Å². The summed E-state index contributed by atoms with van der Waals surface area (Å²) in [5, 5.41) is 0. The van der Waals surface area contributed by atoms with Gasteiger partial charge in [0, 0.05) is 25.1 Å². The average molecular weight is 273 g/mol. The van der Waals surface area contributed by atoms with Crippen LogP contribution in [0.1, 0.15) is 12.1 Å². The van der Waals surface area contributed by atoms with Crippen LogP contribution in [-0.4, -0.2) is 41.5 Å². The molecule has 1 aromatic heterocycles. The third kappa shape index (κ3) is 3.46. The van der Waals surface area contributed by atoms with E-state index in [4.69, 9.17) is 0 Å². The maximum Gasteiger partial charge on any atom is 0.302 e. The predicted molar refractivity (Wildman–Crippen MR) is 60.5 cm³/mol. The van der Waals surface area contributed by atoms with Crippen LogP contribution in [0.5, 0.6) is 0 Å². The summed E-state index contributed by atoms with van der Waals surface area (Å²) >= 11 is 0. The Labute approximate surface area is 104 Å². The van der Waals surface area contributed by atoms with E-state index >= 15 is 0 Å². The highest BCUT2D eigenvalue weighted by Gasteiger charge is 2.32. The fourth-order valence-electron chi connectivity index (χ4n) is 2.01. The van der Waals surface area contributed by atoms with E-state index in [0.29, 0.717) is 12.2 Å². The molecule has 0 aliphatic carbocycles. The summed E-state index contributed by atoms with van der Waals surface area (Å²) in [6.07, 6.45) is 3.00. The molecule has 1 aliphatic rings. The topological polar surface area (TPSA) is 80.2 Å². The van der Waals surface area contributed by atoms with E-state index in [0.717, 1.165) is 0 Å². The van der Waals surface area contributed by atoms with E-state index in [1.807, 2.05) is 0 Å². The average Bonchev–Trinajstić information content (AvgIpc) is 2.58. The van der Waals surface area contributed by atoms with Crippen molar-refractivity contribution >= 4 is 16.1 Å². The van der Waals surface area contributed by atoms with Gasteiger partial charge in [0.05, 0.1) is 18.0 Å². The zero-order valence-corrected chi connectivity index (χ0v) is 10.3. The highest BCUT2D eigenvalue weighted by atomic mass is 32.3. The molecule has 1 saturated heterocycles. The second-order valence-electron chi connectivity index (χ2n) is 4.25. The highest BCUT2D eigenvalue weighted by molar-refractivity contribution is 7.86. The first-order valence-electron chi connectivity index (χ1n) is 5.39. The maximum atomic E-state index is 12.5. The Morgan fingerprint density at radius 2 is 2.28 bits per heavy atom. The molecule has 2 heterocycles. The molecule has 0 bridgehead atoms. The monoisotopic (exact) mass is 273 g/mol. The van der Waals surface area contributed by atoms with E-state index in [1.165, 1.54) is 11.2 Å². The molecule has 8 heteroatoms. The van der Waals surface area contributed by atoms with Crippen molar-refractivity contribution in [2.45, 2.75) is 13.0 Å². The summed E-state index contributed by atoms with van der Waals surface area (Å²) in [6, 6.07) is 1.67. The number of carbonyl (C=O) groups is 1. The Hall–Kier alpha value is -1.57. The number of aromatic nitrogens is 2. The lowest BCUT2D eigenvalue weighted by Crippen LogP contribution is -2.25. The molecular formula is C10H12FN3O3S. The molecule has 0 radical (unpaired) electrons. The predicted octanol–water partition coefficient (Wildman–Crippen LogP) is 0.124. The smallest absolute Gasteiger partial charge is 0.302 e. The summed E-state index contributed by atoms with van der Waals surface area (Å²) in [6.45, 7) is 0.538. The number of halogens is 1. The molecule has 6 nitrogen and oxygen atoms in total. The van der Waals surface area contributed by atoms with Crippen molar-refractivity contribution in [1.29, 1.82) is 0 Å². The van der Waals surface area contributed by atoms with Crippen LogP contribution in [-0.2, 0) is 21.6 Å². The summed E-state index contributed by atoms with van der Waals surface area (Å²) in [7, 11) is -4.53. The van der Waals surface area contributed by atoms with Gasteiger partial charge in [0.2, 0.25) is 5.91 Å². The Morgan fingerprint density at radius 3 is 2.89 bits per heavy atom. The summed E-state index contributed by atoms with van der Waals surface area (Å²) < 4.78 is 33.6. The zero-order valence-electron chi connectivity index (χ0n) is 9.49. The minimum Gasteiger partial charge on any atom is -0.336 e. The number of likely N-dealkylation sites (tertiary alicyclic amines) is 1. The molecule has 2 rings (SSSR count). The Morgan fingerprint density at radius 1 is 1.50 bits per heavy atom. The summed E-state index contributed by atoms with van der Waals surface area (Å²) in [4.78, 5) is 20.9. The molecule has 18 heavy (non-hydrogen) atoms. The van der Waals surface area contributed by atoms with E-state index in [9.17, 15) is 17.1 Å². The number of amides is 1. The number of hydrogen-bond acceptors (Lipinski definition) is 5. The van der Waals surface area contributed by atoms with Gasteiger partial charge in [-0.05, 0) is 6.07 Å². The van der Waals surface area contributed by atoms with Crippen molar-refractivity contribution in [2.75, 3.05) is 12.3 Å². The molecule has 0 aromatic carbocycles. The van der Waals surface area contributed by atoms with Crippen LogP contribution in [0.3, 0.4) is 0 Å². The zero-order chi connectivity index (χ0) is 13.2. The molecule has 0 N–H and O–H groups in total. The largest absolute Gasteiger partial charge is 0.336 e. The van der Waals surface area contributed by atoms with Gasteiger partial charge in [-0.25, -0.2) is 9.97 Å². The molecule has 1 aliphatic heterocycles. The third-order valence-corrected chi connectivity index (χ3v) is 3.59. The maximum absolute atomic E-state index is 12.5. The van der Waals surface area contributed by atoms with Gasteiger partial charge in [-0.1, -0.05) is 0 Å². The van der Waals surface area contributed by atoms with Crippen LogP contribution < -0.4 is 0 Å². The van der Waals surface area contributed by atoms with Crippen LogP contribution in [0.25, 0.3) is 0 Å². The molecule has 1 amide bonds. The van der Waals surface area contributed by atoms with Gasteiger partial charge < -0.3 is 4.90 Å². The molecule has 0 saturated carbocycles. The van der Waals surface area contributed by atoms with Crippen molar-refractivity contribution in [3.05, 3.63) is 24.3 Å². The minimum absolute atomic E-state index is 0.0637. The lowest BCUT2D eigenvalue weighted by Gasteiger charge is -2.15. The Kier molecular flexibility index (Phi) is 3.55. The lowest BCUT2D eigenvalue weighted by molar-refractivity contribution is -0.128. The van der Waals surface area contributed by atoms with E-state index in [1.54, 1.807) is 12.3 Å². The molecule has 1 unspecified atom stereocenters. The third-order valence-electron chi connectivity index (χ3n) is 2.73. The summed E-state index contributed by atoms with van der Waals surface area (Å²) in [5.74, 6) is -1.25. The van der Waals surface area contributed by atoms with Crippen molar-refractivity contribution in [2.24, 2.45) is 5.92 Å². The van der Waals surface area contributed by atoms with Crippen molar-refractivity contribution in [3.8, 4) is 0 Å². The molecule has 1 atom stereocenters. The fourth-order valence-corrected chi connectivity index (χ4v) is 2.79. The molecule has 1 aromatic rings. The quantitative estimate of drug-likeness (QED) is 0.728. The van der Waals surface area contributed by atoms with Gasteiger partial charge in [0.15, 0.2) is 0 Å². The van der Waals surface area contributed by atoms with Gasteiger partial charge in [-0.15, -0.1) is 3.89 Å². The molecule has 1 fully saturated rings. The lowest BCUT2D eigenvalue weighted by atomic mass is 10.1. The first kappa shape index (κ1) is 12.9. The number of hydrogen-bond donors (Lipinski definition) is 0. The van der Waals surface area contributed by atoms with Gasteiger partial charge in [-0.2, -0.15) is 8.42 Å². The van der Waals surface area contributed by atoms with E-state index in [-0.39, 0.29) is 18.9 Å². The normalized spacial score (nSPS) is 20.4. The van der Waals surface area contributed by atoms with Crippen LogP contribution >= 0.6 is 0 Å². The second-order valence-corrected chi connectivity index (χ2v) is 5.66. The van der Waals surface area contributed by atoms with Gasteiger partial charge >= 0.3 is 10.2 Å². The van der Waals surface area contributed by atoms with Crippen LogP contribution in [0.15, 0.2) is 18.6 Å². The first-order valence-corrected chi connectivity index (χ1v) is 6.94. The first-order chi connectivity index (χ1) is 8.44. The number of nitrogens with zero attached hydrogens (tertiary/aromatic N) is 3. The van der Waals surface area contributed by atoms with E-state index < -0.39 is 21.9 Å². The van der Waals surface area contributed by atoms with Crippen LogP contribution in [0.2, 0.25) is 0 Å². The Bertz CT molecular complexity index is 535. The highest BCUT2D eigenvalue weighted by Crippen LogP contribution is 2.21. The SMILES string of the molecule is O=C1CC(CS(=O)(=O)F)CN1Cc1ccncn1. The second kappa shape index (κ2) is 4.97. The van der Waals surface area contributed by atoms with Gasteiger partial charge in [0.25, 0.3) is 0 Å². The van der Waals surface area contributed by atoms with Crippen molar-refractivity contribution in [3.63, 3.8) is 0 Å². The number of carbonyl (C=O) groups excluding carboxylic acids is 1. The number of rotatable bonds is 4.